The minimum absolute atomic E-state index is 0.0424. The maximum Gasteiger partial charge on any atom is 0.232 e. The Morgan fingerprint density at radius 3 is 2.77 bits per heavy atom. The average Bonchev–Trinajstić information content (AvgIpc) is 3.24. The van der Waals surface area contributed by atoms with Gasteiger partial charge in [-0.1, -0.05) is 11.8 Å². The lowest BCUT2D eigenvalue weighted by molar-refractivity contribution is 0.102. The first-order chi connectivity index (χ1) is 14.3. The van der Waals surface area contributed by atoms with E-state index in [4.69, 9.17) is 0 Å². The van der Waals surface area contributed by atoms with E-state index in [1.165, 1.54) is 22.3 Å². The van der Waals surface area contributed by atoms with Crippen molar-refractivity contribution in [1.29, 1.82) is 0 Å². The number of ketones is 1. The van der Waals surface area contributed by atoms with Crippen molar-refractivity contribution in [2.75, 3.05) is 16.3 Å². The van der Waals surface area contributed by atoms with E-state index >= 15 is 0 Å². The Bertz CT molecular complexity index is 1210. The van der Waals surface area contributed by atoms with Crippen LogP contribution in [0.2, 0.25) is 0 Å². The fraction of sp³-hybridized carbons (Fsp3) is 0.300. The van der Waals surface area contributed by atoms with E-state index in [1.54, 1.807) is 30.6 Å². The summed E-state index contributed by atoms with van der Waals surface area (Å²) in [6.07, 6.45) is 5.21. The molecule has 1 aromatic carbocycles. The van der Waals surface area contributed by atoms with Crippen molar-refractivity contribution in [3.8, 4) is 11.4 Å². The molecule has 30 heavy (non-hydrogen) atoms. The maximum atomic E-state index is 12.7. The number of pyridine rings is 1. The highest BCUT2D eigenvalue weighted by Gasteiger charge is 2.32. The number of carbonyl (C=O) groups excluding carboxylic acids is 1. The first-order valence-corrected chi connectivity index (χ1v) is 12.2. The quantitative estimate of drug-likeness (QED) is 0.426. The molecule has 1 atom stereocenters. The average molecular weight is 444 g/mol. The third-order valence-corrected chi connectivity index (χ3v) is 7.29. The van der Waals surface area contributed by atoms with Gasteiger partial charge in [0.2, 0.25) is 10.0 Å². The van der Waals surface area contributed by atoms with Gasteiger partial charge in [0.05, 0.1) is 17.7 Å². The first-order valence-electron chi connectivity index (χ1n) is 9.34. The van der Waals surface area contributed by atoms with E-state index in [0.29, 0.717) is 28.7 Å². The summed E-state index contributed by atoms with van der Waals surface area (Å²) in [6, 6.07) is 8.80. The third kappa shape index (κ3) is 3.84. The number of anilines is 1. The van der Waals surface area contributed by atoms with Crippen molar-refractivity contribution in [3.63, 3.8) is 0 Å². The number of hydrogen-bond acceptors (Lipinski definition) is 7. The summed E-state index contributed by atoms with van der Waals surface area (Å²) >= 11 is 1.32. The summed E-state index contributed by atoms with van der Waals surface area (Å²) in [7, 11) is -1.50. The predicted octanol–water partition coefficient (Wildman–Crippen LogP) is 2.56. The molecule has 2 aromatic heterocycles. The van der Waals surface area contributed by atoms with Crippen molar-refractivity contribution in [2.24, 2.45) is 7.05 Å². The van der Waals surface area contributed by atoms with Crippen LogP contribution in [0.5, 0.6) is 0 Å². The summed E-state index contributed by atoms with van der Waals surface area (Å²) in [5.41, 5.74) is 2.96. The van der Waals surface area contributed by atoms with Gasteiger partial charge in [-0.3, -0.25) is 14.1 Å². The smallest absolute Gasteiger partial charge is 0.232 e. The number of Topliss-reactive ketones (excluding diaryl/α,β-unsaturated/α-hetero) is 1. The van der Waals surface area contributed by atoms with Gasteiger partial charge < -0.3 is 4.57 Å². The lowest BCUT2D eigenvalue weighted by atomic mass is 10.0. The molecule has 0 saturated heterocycles. The van der Waals surface area contributed by atoms with Crippen LogP contribution in [-0.2, 0) is 23.5 Å². The zero-order chi connectivity index (χ0) is 21.5. The Morgan fingerprint density at radius 1 is 1.27 bits per heavy atom. The molecule has 0 aliphatic carbocycles. The summed E-state index contributed by atoms with van der Waals surface area (Å²) in [5.74, 6) is 0.855. The normalized spacial score (nSPS) is 16.0. The van der Waals surface area contributed by atoms with Crippen LogP contribution in [0.25, 0.3) is 11.4 Å². The monoisotopic (exact) mass is 443 g/mol. The molecule has 0 fully saturated rings. The molecule has 0 unspecified atom stereocenters. The summed E-state index contributed by atoms with van der Waals surface area (Å²) in [5, 5.41) is 9.03. The number of hydrogen-bond donors (Lipinski definition) is 0. The van der Waals surface area contributed by atoms with Gasteiger partial charge in [-0.15, -0.1) is 10.2 Å². The molecule has 4 rings (SSSR count). The molecule has 3 heterocycles. The fourth-order valence-electron chi connectivity index (χ4n) is 3.68. The van der Waals surface area contributed by atoms with Crippen molar-refractivity contribution < 1.29 is 13.2 Å². The van der Waals surface area contributed by atoms with E-state index in [1.807, 2.05) is 30.7 Å². The molecule has 0 amide bonds. The highest BCUT2D eigenvalue weighted by molar-refractivity contribution is 7.99. The van der Waals surface area contributed by atoms with Crippen LogP contribution in [0.1, 0.15) is 22.8 Å². The largest absolute Gasteiger partial charge is 0.305 e. The summed E-state index contributed by atoms with van der Waals surface area (Å²) in [6.45, 7) is 1.87. The Kier molecular flexibility index (Phi) is 5.37. The van der Waals surface area contributed by atoms with Gasteiger partial charge in [-0.25, -0.2) is 8.42 Å². The molecule has 1 aliphatic rings. The van der Waals surface area contributed by atoms with Crippen LogP contribution in [0.15, 0.2) is 47.9 Å². The van der Waals surface area contributed by atoms with Crippen molar-refractivity contribution in [3.05, 3.63) is 53.9 Å². The van der Waals surface area contributed by atoms with Gasteiger partial charge >= 0.3 is 0 Å². The number of aromatic nitrogens is 4. The molecule has 0 radical (unpaired) electrons. The van der Waals surface area contributed by atoms with Gasteiger partial charge in [0.25, 0.3) is 0 Å². The zero-order valence-electron chi connectivity index (χ0n) is 16.8. The number of rotatable bonds is 6. The van der Waals surface area contributed by atoms with Crippen LogP contribution in [-0.4, -0.2) is 52.0 Å². The standard InChI is InChI=1S/C20H21N5O3S2/c1-13-9-16-10-14(6-7-17(16)25(13)30(3,27)28)18(26)12-29-20-23-22-19(24(20)2)15-5-4-8-21-11-15/h4-8,10-11,13H,9,12H2,1-3H3/t13-/m0/s1. The molecule has 3 aromatic rings. The van der Waals surface area contributed by atoms with Crippen LogP contribution >= 0.6 is 11.8 Å². The molecule has 10 heteroatoms. The molecule has 0 bridgehead atoms. The Balaban J connectivity index is 1.49. The maximum absolute atomic E-state index is 12.7. The second-order valence-corrected chi connectivity index (χ2v) is 10.1. The van der Waals surface area contributed by atoms with Crippen molar-refractivity contribution in [2.45, 2.75) is 24.5 Å². The van der Waals surface area contributed by atoms with Gasteiger partial charge in [0.15, 0.2) is 16.8 Å². The Labute approximate surface area is 179 Å². The molecule has 1 aliphatic heterocycles. The van der Waals surface area contributed by atoms with Crippen LogP contribution in [0.3, 0.4) is 0 Å². The van der Waals surface area contributed by atoms with Crippen LogP contribution in [0, 0.1) is 0 Å². The number of thioether (sulfide) groups is 1. The Hall–Kier alpha value is -2.72. The second-order valence-electron chi connectivity index (χ2n) is 7.27. The molecular weight excluding hydrogens is 422 g/mol. The molecule has 0 spiro atoms. The number of sulfonamides is 1. The number of fused-ring (bicyclic) bond motifs is 1. The van der Waals surface area contributed by atoms with E-state index in [-0.39, 0.29) is 17.6 Å². The third-order valence-electron chi connectivity index (χ3n) is 5.00. The minimum Gasteiger partial charge on any atom is -0.305 e. The number of benzene rings is 1. The molecule has 156 valence electrons. The van der Waals surface area contributed by atoms with E-state index < -0.39 is 10.0 Å². The number of nitrogens with zero attached hydrogens (tertiary/aromatic N) is 5. The van der Waals surface area contributed by atoms with Gasteiger partial charge in [0.1, 0.15) is 0 Å². The molecule has 0 N–H and O–H groups in total. The topological polar surface area (TPSA) is 98.1 Å². The highest BCUT2D eigenvalue weighted by atomic mass is 32.2. The van der Waals surface area contributed by atoms with Crippen LogP contribution in [0.4, 0.5) is 5.69 Å². The predicted molar refractivity (Wildman–Crippen MR) is 116 cm³/mol. The molecular formula is C20H21N5O3S2. The van der Waals surface area contributed by atoms with E-state index in [9.17, 15) is 13.2 Å². The van der Waals surface area contributed by atoms with Gasteiger partial charge in [-0.05, 0) is 49.2 Å². The lowest BCUT2D eigenvalue weighted by Gasteiger charge is -2.21. The fourth-order valence-corrected chi connectivity index (χ4v) is 5.75. The molecule has 8 nitrogen and oxygen atoms in total. The Morgan fingerprint density at radius 2 is 2.07 bits per heavy atom. The second kappa shape index (κ2) is 7.84. The first kappa shape index (κ1) is 20.5. The van der Waals surface area contributed by atoms with Crippen molar-refractivity contribution >= 4 is 33.3 Å². The highest BCUT2D eigenvalue weighted by Crippen LogP contribution is 2.35. The van der Waals surface area contributed by atoms with E-state index in [0.717, 1.165) is 11.1 Å². The lowest BCUT2D eigenvalue weighted by Crippen LogP contribution is -2.34. The van der Waals surface area contributed by atoms with Gasteiger partial charge in [-0.2, -0.15) is 0 Å². The summed E-state index contributed by atoms with van der Waals surface area (Å²) in [4.78, 5) is 16.8. The van der Waals surface area contributed by atoms with E-state index in [2.05, 4.69) is 15.2 Å². The summed E-state index contributed by atoms with van der Waals surface area (Å²) < 4.78 is 27.4. The van der Waals surface area contributed by atoms with Gasteiger partial charge in [0, 0.05) is 36.6 Å². The SMILES string of the molecule is C[C@H]1Cc2cc(C(=O)CSc3nnc(-c4cccnc4)n3C)ccc2N1S(C)(=O)=O. The van der Waals surface area contributed by atoms with Crippen molar-refractivity contribution in [1.82, 2.24) is 19.7 Å². The number of carbonyl (C=O) groups is 1. The molecule has 0 saturated carbocycles. The minimum atomic E-state index is -3.35. The zero-order valence-corrected chi connectivity index (χ0v) is 18.4. The van der Waals surface area contributed by atoms with Crippen LogP contribution < -0.4 is 4.31 Å².